The number of carbonyl (C=O) groups excluding carboxylic acids is 1. The zero-order valence-electron chi connectivity index (χ0n) is 15.5. The molecule has 134 valence electrons. The highest BCUT2D eigenvalue weighted by Gasteiger charge is 2.42. The Kier molecular flexibility index (Phi) is 4.91. The predicted molar refractivity (Wildman–Crippen MR) is 102 cm³/mol. The summed E-state index contributed by atoms with van der Waals surface area (Å²) in [6.07, 6.45) is 10.5. The van der Waals surface area contributed by atoms with Crippen molar-refractivity contribution in [3.63, 3.8) is 0 Å². The number of hydrogen-bond acceptors (Lipinski definition) is 2. The number of hydrogen-bond donors (Lipinski definition) is 0. The van der Waals surface area contributed by atoms with Crippen molar-refractivity contribution < 1.29 is 4.79 Å². The molecule has 3 heteroatoms. The molecule has 4 rings (SSSR count). The van der Waals surface area contributed by atoms with Crippen LogP contribution in [0.4, 0.5) is 0 Å². The van der Waals surface area contributed by atoms with Crippen LogP contribution in [0.1, 0.15) is 74.6 Å². The molecule has 3 aliphatic heterocycles. The number of aryl methyl sites for hydroxylation is 1. The summed E-state index contributed by atoms with van der Waals surface area (Å²) in [4.78, 5) is 19.8. The fraction of sp³-hybridized carbons (Fsp3) is 0.636. The molecule has 3 aliphatic rings. The molecular weight excluding hydrogens is 308 g/mol. The number of amides is 1. The third-order valence-corrected chi connectivity index (χ3v) is 6.24. The molecule has 25 heavy (non-hydrogen) atoms. The molecule has 0 bridgehead atoms. The molecule has 2 atom stereocenters. The highest BCUT2D eigenvalue weighted by Crippen LogP contribution is 2.40. The first kappa shape index (κ1) is 16.8. The van der Waals surface area contributed by atoms with Gasteiger partial charge >= 0.3 is 0 Å². The molecule has 1 amide bonds. The van der Waals surface area contributed by atoms with E-state index in [0.29, 0.717) is 5.91 Å². The molecule has 0 saturated carbocycles. The maximum atomic E-state index is 12.9. The van der Waals surface area contributed by atoms with E-state index in [0.717, 1.165) is 38.8 Å². The maximum absolute atomic E-state index is 12.9. The van der Waals surface area contributed by atoms with E-state index < -0.39 is 0 Å². The van der Waals surface area contributed by atoms with Crippen LogP contribution in [0.15, 0.2) is 23.2 Å². The summed E-state index contributed by atoms with van der Waals surface area (Å²) in [6, 6.07) is 7.25. The van der Waals surface area contributed by atoms with E-state index in [4.69, 9.17) is 4.99 Å². The lowest BCUT2D eigenvalue weighted by molar-refractivity contribution is -0.138. The van der Waals surface area contributed by atoms with Crippen LogP contribution in [-0.2, 0) is 17.6 Å². The third-order valence-electron chi connectivity index (χ3n) is 6.24. The summed E-state index contributed by atoms with van der Waals surface area (Å²) >= 11 is 0. The van der Waals surface area contributed by atoms with Crippen molar-refractivity contribution in [3.8, 4) is 0 Å². The van der Waals surface area contributed by atoms with Gasteiger partial charge in [-0.05, 0) is 48.8 Å². The maximum Gasteiger partial charge on any atom is 0.231 e. The lowest BCUT2D eigenvalue weighted by atomic mass is 9.79. The lowest BCUT2D eigenvalue weighted by Gasteiger charge is -2.44. The van der Waals surface area contributed by atoms with Gasteiger partial charge in [-0.3, -0.25) is 9.79 Å². The van der Waals surface area contributed by atoms with E-state index >= 15 is 0 Å². The number of rotatable bonds is 5. The quantitative estimate of drug-likeness (QED) is 0.728. The van der Waals surface area contributed by atoms with Gasteiger partial charge in [0.25, 0.3) is 0 Å². The molecule has 0 spiro atoms. The molecule has 1 aromatic carbocycles. The van der Waals surface area contributed by atoms with Crippen LogP contribution in [0.25, 0.3) is 0 Å². The highest BCUT2D eigenvalue weighted by atomic mass is 16.2. The smallest absolute Gasteiger partial charge is 0.231 e. The van der Waals surface area contributed by atoms with Gasteiger partial charge in [0.05, 0.1) is 12.0 Å². The van der Waals surface area contributed by atoms with E-state index in [1.807, 2.05) is 0 Å². The first-order valence-electron chi connectivity index (χ1n) is 10.2. The summed E-state index contributed by atoms with van der Waals surface area (Å²) in [5, 5.41) is 0. The summed E-state index contributed by atoms with van der Waals surface area (Å²) < 4.78 is 0. The number of carbonyl (C=O) groups is 1. The average molecular weight is 338 g/mol. The number of unbranched alkanes of at least 4 members (excludes halogenated alkanes) is 3. The summed E-state index contributed by atoms with van der Waals surface area (Å²) in [7, 11) is 0. The zero-order valence-corrected chi connectivity index (χ0v) is 15.5. The van der Waals surface area contributed by atoms with Crippen LogP contribution >= 0.6 is 0 Å². The molecule has 3 heterocycles. The van der Waals surface area contributed by atoms with Crippen molar-refractivity contribution in [2.45, 2.75) is 70.8 Å². The molecule has 0 aliphatic carbocycles. The fourth-order valence-electron chi connectivity index (χ4n) is 4.83. The van der Waals surface area contributed by atoms with Gasteiger partial charge in [-0.25, -0.2) is 0 Å². The summed E-state index contributed by atoms with van der Waals surface area (Å²) in [6.45, 7) is 4.06. The van der Waals surface area contributed by atoms with Crippen LogP contribution in [0, 0.1) is 5.92 Å². The largest absolute Gasteiger partial charge is 0.334 e. The van der Waals surface area contributed by atoms with Crippen molar-refractivity contribution in [2.24, 2.45) is 10.9 Å². The van der Waals surface area contributed by atoms with Crippen LogP contribution in [0.3, 0.4) is 0 Å². The van der Waals surface area contributed by atoms with Crippen molar-refractivity contribution in [3.05, 3.63) is 34.9 Å². The minimum Gasteiger partial charge on any atom is -0.334 e. The third kappa shape index (κ3) is 3.26. The topological polar surface area (TPSA) is 32.7 Å². The summed E-state index contributed by atoms with van der Waals surface area (Å²) in [5.41, 5.74) is 5.49. The molecule has 1 saturated heterocycles. The van der Waals surface area contributed by atoms with Gasteiger partial charge in [0.2, 0.25) is 5.91 Å². The van der Waals surface area contributed by atoms with Crippen LogP contribution in [0.2, 0.25) is 0 Å². The Labute approximate surface area is 151 Å². The molecule has 1 fully saturated rings. The average Bonchev–Trinajstić information content (AvgIpc) is 2.65. The molecule has 0 N–H and O–H groups in total. The Hall–Kier alpha value is -1.64. The Morgan fingerprint density at radius 2 is 2.16 bits per heavy atom. The van der Waals surface area contributed by atoms with Crippen molar-refractivity contribution >= 4 is 11.6 Å². The molecule has 1 aromatic rings. The molecule has 2 unspecified atom stereocenters. The standard InChI is InChI=1S/C22H30N2O/c1-2-3-4-5-7-16-9-10-18-17(14-16)11-13-24-21(18)15-20-19(22(24)25)8-6-12-23-20/h9-10,14,19,21H,2-8,11-13,15H2,1H3. The Bertz CT molecular complexity index is 679. The van der Waals surface area contributed by atoms with E-state index in [-0.39, 0.29) is 12.0 Å². The van der Waals surface area contributed by atoms with Crippen LogP contribution < -0.4 is 0 Å². The fourth-order valence-corrected chi connectivity index (χ4v) is 4.83. The minimum absolute atomic E-state index is 0.0874. The predicted octanol–water partition coefficient (Wildman–Crippen LogP) is 4.49. The summed E-state index contributed by atoms with van der Waals surface area (Å²) in [5.74, 6) is 0.424. The highest BCUT2D eigenvalue weighted by molar-refractivity contribution is 6.07. The lowest BCUT2D eigenvalue weighted by Crippen LogP contribution is -2.51. The van der Waals surface area contributed by atoms with Gasteiger partial charge in [0.1, 0.15) is 0 Å². The first-order valence-corrected chi connectivity index (χ1v) is 10.2. The van der Waals surface area contributed by atoms with Crippen molar-refractivity contribution in [1.82, 2.24) is 4.90 Å². The first-order chi connectivity index (χ1) is 12.3. The van der Waals surface area contributed by atoms with Gasteiger partial charge in [0.15, 0.2) is 0 Å². The molecular formula is C22H30N2O. The van der Waals surface area contributed by atoms with Gasteiger partial charge in [0, 0.05) is 25.2 Å². The van der Waals surface area contributed by atoms with Gasteiger partial charge in [-0.15, -0.1) is 0 Å². The van der Waals surface area contributed by atoms with E-state index in [1.54, 1.807) is 0 Å². The second-order valence-corrected chi connectivity index (χ2v) is 7.91. The second-order valence-electron chi connectivity index (χ2n) is 7.91. The molecule has 0 radical (unpaired) electrons. The van der Waals surface area contributed by atoms with Crippen molar-refractivity contribution in [2.75, 3.05) is 13.1 Å². The number of aliphatic imine (C=N–C) groups is 1. The number of benzene rings is 1. The van der Waals surface area contributed by atoms with Crippen LogP contribution in [-0.4, -0.2) is 29.6 Å². The SMILES string of the molecule is CCCCCCc1ccc2c(c1)CCN1C(=O)C3CCCN=C3CC21. The van der Waals surface area contributed by atoms with E-state index in [9.17, 15) is 4.79 Å². The molecule has 3 nitrogen and oxygen atoms in total. The Morgan fingerprint density at radius 1 is 1.24 bits per heavy atom. The minimum atomic E-state index is 0.0874. The van der Waals surface area contributed by atoms with Crippen LogP contribution in [0.5, 0.6) is 0 Å². The number of nitrogens with zero attached hydrogens (tertiary/aromatic N) is 2. The number of fused-ring (bicyclic) bond motifs is 4. The monoisotopic (exact) mass is 338 g/mol. The van der Waals surface area contributed by atoms with Gasteiger partial charge in [-0.2, -0.15) is 0 Å². The van der Waals surface area contributed by atoms with E-state index in [2.05, 4.69) is 30.0 Å². The Balaban J connectivity index is 1.53. The zero-order chi connectivity index (χ0) is 17.2. The second kappa shape index (κ2) is 7.31. The van der Waals surface area contributed by atoms with E-state index in [1.165, 1.54) is 54.5 Å². The van der Waals surface area contributed by atoms with Gasteiger partial charge in [-0.1, -0.05) is 44.4 Å². The normalized spacial score (nSPS) is 25.1. The number of piperidine rings is 1. The molecule has 0 aromatic heterocycles. The van der Waals surface area contributed by atoms with Crippen molar-refractivity contribution in [1.29, 1.82) is 0 Å². The Morgan fingerprint density at radius 3 is 3.04 bits per heavy atom. The van der Waals surface area contributed by atoms with Gasteiger partial charge < -0.3 is 4.90 Å².